The van der Waals surface area contributed by atoms with Crippen molar-refractivity contribution in [2.45, 2.75) is 59.0 Å². The molecule has 0 radical (unpaired) electrons. The van der Waals surface area contributed by atoms with Gasteiger partial charge in [0.05, 0.1) is 5.69 Å². The van der Waals surface area contributed by atoms with Gasteiger partial charge in [0.25, 0.3) is 0 Å². The molecule has 0 aliphatic carbocycles. The van der Waals surface area contributed by atoms with Crippen LogP contribution in [0.4, 0.5) is 0 Å². The third-order valence-electron chi connectivity index (χ3n) is 4.81. The van der Waals surface area contributed by atoms with E-state index in [2.05, 4.69) is 36.1 Å². The van der Waals surface area contributed by atoms with E-state index < -0.39 is 0 Å². The summed E-state index contributed by atoms with van der Waals surface area (Å²) in [5, 5.41) is 7.80. The zero-order chi connectivity index (χ0) is 14.0. The van der Waals surface area contributed by atoms with Gasteiger partial charge in [0.2, 0.25) is 0 Å². The molecule has 1 aromatic rings. The van der Waals surface area contributed by atoms with Crippen LogP contribution in [0.25, 0.3) is 0 Å². The highest BCUT2D eigenvalue weighted by molar-refractivity contribution is 5.25. The summed E-state index contributed by atoms with van der Waals surface area (Å²) < 4.78 is 5.32. The van der Waals surface area contributed by atoms with Crippen molar-refractivity contribution in [2.24, 2.45) is 0 Å². The van der Waals surface area contributed by atoms with Crippen LogP contribution < -0.4 is 5.32 Å². The zero-order valence-electron chi connectivity index (χ0n) is 12.9. The van der Waals surface area contributed by atoms with Crippen molar-refractivity contribution in [3.8, 4) is 0 Å². The monoisotopic (exact) mass is 265 g/mol. The van der Waals surface area contributed by atoms with Crippen molar-refractivity contribution in [3.05, 3.63) is 17.0 Å². The molecule has 4 nitrogen and oxygen atoms in total. The molecule has 0 spiro atoms. The van der Waals surface area contributed by atoms with Crippen molar-refractivity contribution in [2.75, 3.05) is 19.6 Å². The Morgan fingerprint density at radius 1 is 1.37 bits per heavy atom. The Morgan fingerprint density at radius 2 is 2.05 bits per heavy atom. The van der Waals surface area contributed by atoms with Gasteiger partial charge >= 0.3 is 0 Å². The number of aromatic nitrogens is 1. The summed E-state index contributed by atoms with van der Waals surface area (Å²) in [6.07, 6.45) is 2.35. The van der Waals surface area contributed by atoms with E-state index in [1.807, 2.05) is 13.8 Å². The highest BCUT2D eigenvalue weighted by Crippen LogP contribution is 2.30. The van der Waals surface area contributed by atoms with E-state index in [-0.39, 0.29) is 5.54 Å². The van der Waals surface area contributed by atoms with Gasteiger partial charge in [0.15, 0.2) is 0 Å². The Balaban J connectivity index is 2.18. The Morgan fingerprint density at radius 3 is 2.58 bits per heavy atom. The average molecular weight is 265 g/mol. The maximum atomic E-state index is 5.32. The standard InChI is InChI=1S/C15H27N3O/c1-6-15(7-2)10-18(9-8-16-15)12(4)14-11(3)17-19-13(14)5/h12,16H,6-10H2,1-5H3. The van der Waals surface area contributed by atoms with Crippen molar-refractivity contribution in [3.63, 3.8) is 0 Å². The van der Waals surface area contributed by atoms with Gasteiger partial charge < -0.3 is 9.84 Å². The predicted octanol–water partition coefficient (Wildman–Crippen LogP) is 2.82. The normalized spacial score (nSPS) is 21.5. The second-order valence-corrected chi connectivity index (χ2v) is 5.80. The maximum absolute atomic E-state index is 5.32. The van der Waals surface area contributed by atoms with Gasteiger partial charge in [-0.2, -0.15) is 0 Å². The topological polar surface area (TPSA) is 41.3 Å². The second kappa shape index (κ2) is 5.63. The predicted molar refractivity (Wildman–Crippen MR) is 77.3 cm³/mol. The third kappa shape index (κ3) is 2.70. The molecular formula is C15H27N3O. The fraction of sp³-hybridized carbons (Fsp3) is 0.800. The van der Waals surface area contributed by atoms with Crippen LogP contribution in [-0.4, -0.2) is 35.2 Å². The molecule has 2 heterocycles. The summed E-state index contributed by atoms with van der Waals surface area (Å²) in [4.78, 5) is 2.57. The fourth-order valence-electron chi connectivity index (χ4n) is 3.31. The van der Waals surface area contributed by atoms with Gasteiger partial charge in [-0.05, 0) is 33.6 Å². The number of piperazine rings is 1. The summed E-state index contributed by atoms with van der Waals surface area (Å²) in [7, 11) is 0. The number of nitrogens with zero attached hydrogens (tertiary/aromatic N) is 2. The lowest BCUT2D eigenvalue weighted by atomic mass is 9.89. The van der Waals surface area contributed by atoms with E-state index in [0.29, 0.717) is 6.04 Å². The Hall–Kier alpha value is -0.870. The van der Waals surface area contributed by atoms with Gasteiger partial charge in [-0.1, -0.05) is 19.0 Å². The molecule has 1 aliphatic heterocycles. The third-order valence-corrected chi connectivity index (χ3v) is 4.81. The Labute approximate surface area is 116 Å². The maximum Gasteiger partial charge on any atom is 0.138 e. The van der Waals surface area contributed by atoms with Gasteiger partial charge in [0.1, 0.15) is 5.76 Å². The molecular weight excluding hydrogens is 238 g/mol. The summed E-state index contributed by atoms with van der Waals surface area (Å²) >= 11 is 0. The van der Waals surface area contributed by atoms with Gasteiger partial charge in [0, 0.05) is 36.8 Å². The van der Waals surface area contributed by atoms with E-state index in [1.165, 1.54) is 18.4 Å². The minimum absolute atomic E-state index is 0.269. The summed E-state index contributed by atoms with van der Waals surface area (Å²) in [5.41, 5.74) is 2.57. The highest BCUT2D eigenvalue weighted by Gasteiger charge is 2.35. The molecule has 1 unspecified atom stereocenters. The van der Waals surface area contributed by atoms with Crippen molar-refractivity contribution in [1.82, 2.24) is 15.4 Å². The van der Waals surface area contributed by atoms with Crippen LogP contribution in [-0.2, 0) is 0 Å². The number of aryl methyl sites for hydroxylation is 2. The number of hydrogen-bond acceptors (Lipinski definition) is 4. The Kier molecular flexibility index (Phi) is 4.31. The van der Waals surface area contributed by atoms with E-state index in [0.717, 1.165) is 31.1 Å². The molecule has 1 atom stereocenters. The van der Waals surface area contributed by atoms with E-state index in [9.17, 15) is 0 Å². The largest absolute Gasteiger partial charge is 0.361 e. The summed E-state index contributed by atoms with van der Waals surface area (Å²) in [6.45, 7) is 14.1. The minimum atomic E-state index is 0.269. The molecule has 0 saturated carbocycles. The summed E-state index contributed by atoms with van der Waals surface area (Å²) in [5.74, 6) is 0.960. The molecule has 108 valence electrons. The van der Waals surface area contributed by atoms with E-state index in [1.54, 1.807) is 0 Å². The first-order chi connectivity index (χ1) is 9.03. The van der Waals surface area contributed by atoms with Gasteiger partial charge in [-0.3, -0.25) is 4.90 Å². The molecule has 0 aromatic carbocycles. The zero-order valence-corrected chi connectivity index (χ0v) is 12.9. The molecule has 2 rings (SSSR count). The number of nitrogens with one attached hydrogen (secondary N) is 1. The van der Waals surface area contributed by atoms with E-state index in [4.69, 9.17) is 4.52 Å². The van der Waals surface area contributed by atoms with Crippen LogP contribution in [0, 0.1) is 13.8 Å². The molecule has 0 amide bonds. The van der Waals surface area contributed by atoms with Crippen LogP contribution in [0.15, 0.2) is 4.52 Å². The second-order valence-electron chi connectivity index (χ2n) is 5.80. The van der Waals surface area contributed by atoms with Crippen molar-refractivity contribution in [1.29, 1.82) is 0 Å². The van der Waals surface area contributed by atoms with Crippen LogP contribution in [0.2, 0.25) is 0 Å². The first-order valence-electron chi connectivity index (χ1n) is 7.45. The lowest BCUT2D eigenvalue weighted by Crippen LogP contribution is -2.60. The van der Waals surface area contributed by atoms with E-state index >= 15 is 0 Å². The molecule has 0 bridgehead atoms. The number of hydrogen-bond donors (Lipinski definition) is 1. The molecule has 1 fully saturated rings. The first-order valence-corrected chi connectivity index (χ1v) is 7.45. The highest BCUT2D eigenvalue weighted by atomic mass is 16.5. The molecule has 1 aromatic heterocycles. The Bertz CT molecular complexity index is 404. The van der Waals surface area contributed by atoms with Crippen LogP contribution in [0.3, 0.4) is 0 Å². The van der Waals surface area contributed by atoms with Gasteiger partial charge in [-0.25, -0.2) is 0 Å². The molecule has 4 heteroatoms. The van der Waals surface area contributed by atoms with Crippen LogP contribution in [0.5, 0.6) is 0 Å². The molecule has 1 saturated heterocycles. The minimum Gasteiger partial charge on any atom is -0.361 e. The fourth-order valence-corrected chi connectivity index (χ4v) is 3.31. The smallest absolute Gasteiger partial charge is 0.138 e. The SMILES string of the molecule is CCC1(CC)CN(C(C)c2c(C)noc2C)CCN1. The lowest BCUT2D eigenvalue weighted by molar-refractivity contribution is 0.0912. The summed E-state index contributed by atoms with van der Waals surface area (Å²) in [6, 6.07) is 0.380. The average Bonchev–Trinajstić information content (AvgIpc) is 2.77. The van der Waals surface area contributed by atoms with Crippen molar-refractivity contribution < 1.29 is 4.52 Å². The lowest BCUT2D eigenvalue weighted by Gasteiger charge is -2.45. The molecule has 19 heavy (non-hydrogen) atoms. The van der Waals surface area contributed by atoms with Crippen molar-refractivity contribution >= 4 is 0 Å². The van der Waals surface area contributed by atoms with Crippen LogP contribution >= 0.6 is 0 Å². The van der Waals surface area contributed by atoms with Crippen LogP contribution in [0.1, 0.15) is 56.7 Å². The van der Waals surface area contributed by atoms with Gasteiger partial charge in [-0.15, -0.1) is 0 Å². The quantitative estimate of drug-likeness (QED) is 0.909. The number of rotatable bonds is 4. The first kappa shape index (κ1) is 14.5. The molecule has 1 aliphatic rings. The molecule has 1 N–H and O–H groups in total.